The normalized spacial score (nSPS) is 18.1. The lowest BCUT2D eigenvalue weighted by molar-refractivity contribution is 0.0696. The second-order valence-corrected chi connectivity index (χ2v) is 5.14. The Labute approximate surface area is 119 Å². The van der Waals surface area contributed by atoms with Crippen LogP contribution in [0.25, 0.3) is 0 Å². The van der Waals surface area contributed by atoms with Crippen LogP contribution < -0.4 is 5.32 Å². The van der Waals surface area contributed by atoms with Gasteiger partial charge in [0.1, 0.15) is 5.82 Å². The molecule has 0 amide bonds. The van der Waals surface area contributed by atoms with Crippen molar-refractivity contribution in [2.75, 3.05) is 18.5 Å². The van der Waals surface area contributed by atoms with E-state index in [1.165, 1.54) is 0 Å². The summed E-state index contributed by atoms with van der Waals surface area (Å²) in [5.41, 5.74) is 1.12. The number of aromatic nitrogens is 1. The minimum atomic E-state index is -0.910. The zero-order valence-electron chi connectivity index (χ0n) is 11.9. The van der Waals surface area contributed by atoms with Gasteiger partial charge < -0.3 is 15.2 Å². The van der Waals surface area contributed by atoms with Crippen LogP contribution in [-0.4, -0.2) is 35.3 Å². The Morgan fingerprint density at radius 1 is 1.55 bits per heavy atom. The first-order chi connectivity index (χ1) is 9.69. The van der Waals surface area contributed by atoms with E-state index < -0.39 is 5.97 Å². The number of aromatic carboxylic acids is 1. The van der Waals surface area contributed by atoms with Gasteiger partial charge in [-0.2, -0.15) is 0 Å². The first-order valence-electron chi connectivity index (χ1n) is 7.28. The topological polar surface area (TPSA) is 71.5 Å². The molecule has 0 bridgehead atoms. The van der Waals surface area contributed by atoms with Gasteiger partial charge in [0.05, 0.1) is 11.7 Å². The van der Waals surface area contributed by atoms with E-state index in [0.29, 0.717) is 17.5 Å². The molecule has 5 heteroatoms. The van der Waals surface area contributed by atoms with Gasteiger partial charge >= 0.3 is 5.97 Å². The summed E-state index contributed by atoms with van der Waals surface area (Å²) in [5.74, 6) is -0.265. The third-order valence-electron chi connectivity index (χ3n) is 3.43. The van der Waals surface area contributed by atoms with Crippen molar-refractivity contribution < 1.29 is 14.6 Å². The molecule has 2 heterocycles. The fraction of sp³-hybridized carbons (Fsp3) is 0.600. The van der Waals surface area contributed by atoms with Crippen molar-refractivity contribution in [3.8, 4) is 0 Å². The van der Waals surface area contributed by atoms with E-state index in [0.717, 1.165) is 50.9 Å². The summed E-state index contributed by atoms with van der Waals surface area (Å²) in [7, 11) is 0. The largest absolute Gasteiger partial charge is 0.478 e. The fourth-order valence-corrected chi connectivity index (χ4v) is 2.42. The van der Waals surface area contributed by atoms with E-state index in [-0.39, 0.29) is 0 Å². The Morgan fingerprint density at radius 3 is 3.05 bits per heavy atom. The quantitative estimate of drug-likeness (QED) is 0.802. The summed E-state index contributed by atoms with van der Waals surface area (Å²) >= 11 is 0. The van der Waals surface area contributed by atoms with E-state index in [1.54, 1.807) is 12.1 Å². The molecule has 1 atom stereocenters. The maximum absolute atomic E-state index is 11.1. The summed E-state index contributed by atoms with van der Waals surface area (Å²) in [6, 6.07) is 3.24. The molecule has 110 valence electrons. The predicted molar refractivity (Wildman–Crippen MR) is 77.3 cm³/mol. The van der Waals surface area contributed by atoms with Crippen LogP contribution in [0.5, 0.6) is 0 Å². The predicted octanol–water partition coefficient (Wildman–Crippen LogP) is 2.71. The van der Waals surface area contributed by atoms with Gasteiger partial charge in [-0.05, 0) is 37.8 Å². The Balaban J connectivity index is 1.96. The summed E-state index contributed by atoms with van der Waals surface area (Å²) in [6.07, 6.45) is 5.26. The molecule has 1 aliphatic rings. The Kier molecular flexibility index (Phi) is 5.35. The molecule has 1 fully saturated rings. The van der Waals surface area contributed by atoms with Crippen molar-refractivity contribution in [2.24, 2.45) is 0 Å². The van der Waals surface area contributed by atoms with Gasteiger partial charge in [-0.25, -0.2) is 9.78 Å². The second kappa shape index (κ2) is 7.24. The number of hydrogen-bond donors (Lipinski definition) is 2. The molecular weight excluding hydrogens is 256 g/mol. The average molecular weight is 278 g/mol. The third kappa shape index (κ3) is 4.20. The highest BCUT2D eigenvalue weighted by atomic mass is 16.5. The van der Waals surface area contributed by atoms with Crippen LogP contribution in [0.15, 0.2) is 12.1 Å². The smallest absolute Gasteiger partial charge is 0.335 e. The van der Waals surface area contributed by atoms with E-state index in [1.807, 2.05) is 0 Å². The molecule has 2 rings (SSSR count). The van der Waals surface area contributed by atoms with Crippen molar-refractivity contribution >= 4 is 11.8 Å². The average Bonchev–Trinajstić information content (AvgIpc) is 2.92. The highest BCUT2D eigenvalue weighted by Gasteiger charge is 2.15. The number of carboxylic acids is 1. The van der Waals surface area contributed by atoms with E-state index in [9.17, 15) is 4.79 Å². The van der Waals surface area contributed by atoms with E-state index >= 15 is 0 Å². The van der Waals surface area contributed by atoms with Crippen molar-refractivity contribution in [3.63, 3.8) is 0 Å². The van der Waals surface area contributed by atoms with Gasteiger partial charge in [-0.1, -0.05) is 13.3 Å². The second-order valence-electron chi connectivity index (χ2n) is 5.14. The molecule has 1 aliphatic heterocycles. The first-order valence-corrected chi connectivity index (χ1v) is 7.28. The zero-order valence-corrected chi connectivity index (χ0v) is 11.9. The summed E-state index contributed by atoms with van der Waals surface area (Å²) in [6.45, 7) is 3.67. The lowest BCUT2D eigenvalue weighted by atomic mass is 10.1. The van der Waals surface area contributed by atoms with Gasteiger partial charge in [0.25, 0.3) is 0 Å². The number of nitrogens with one attached hydrogen (secondary N) is 1. The Bertz CT molecular complexity index is 456. The number of carboxylic acid groups (broad SMARTS) is 1. The van der Waals surface area contributed by atoms with Crippen molar-refractivity contribution in [1.82, 2.24) is 4.98 Å². The number of carbonyl (C=O) groups is 1. The summed E-state index contributed by atoms with van der Waals surface area (Å²) in [4.78, 5) is 15.6. The molecule has 2 N–H and O–H groups in total. The number of anilines is 1. The van der Waals surface area contributed by atoms with Crippen LogP contribution >= 0.6 is 0 Å². The van der Waals surface area contributed by atoms with Gasteiger partial charge in [-0.15, -0.1) is 0 Å². The third-order valence-corrected chi connectivity index (χ3v) is 3.43. The number of hydrogen-bond acceptors (Lipinski definition) is 4. The molecular formula is C15H22N2O3. The molecule has 0 aliphatic carbocycles. The lowest BCUT2D eigenvalue weighted by Crippen LogP contribution is -2.14. The highest BCUT2D eigenvalue weighted by Crippen LogP contribution is 2.16. The Hall–Kier alpha value is -1.62. The fourth-order valence-electron chi connectivity index (χ4n) is 2.42. The maximum Gasteiger partial charge on any atom is 0.335 e. The monoisotopic (exact) mass is 278 g/mol. The van der Waals surface area contributed by atoms with Crippen molar-refractivity contribution in [1.29, 1.82) is 0 Å². The van der Waals surface area contributed by atoms with Crippen LogP contribution in [0.3, 0.4) is 0 Å². The van der Waals surface area contributed by atoms with Crippen molar-refractivity contribution in [3.05, 3.63) is 23.4 Å². The van der Waals surface area contributed by atoms with Gasteiger partial charge in [0.15, 0.2) is 0 Å². The number of nitrogens with zero attached hydrogens (tertiary/aromatic N) is 1. The van der Waals surface area contributed by atoms with E-state index in [2.05, 4.69) is 17.2 Å². The summed E-state index contributed by atoms with van der Waals surface area (Å²) < 4.78 is 5.56. The molecule has 20 heavy (non-hydrogen) atoms. The molecule has 0 saturated carbocycles. The van der Waals surface area contributed by atoms with Crippen LogP contribution in [0.1, 0.15) is 48.7 Å². The number of pyridine rings is 1. The standard InChI is InChI=1S/C15H22N2O3/c1-2-4-12-9-11(15(18)19)10-14(17-12)16-7-6-13-5-3-8-20-13/h9-10,13H,2-8H2,1H3,(H,16,17)(H,18,19). The molecule has 5 nitrogen and oxygen atoms in total. The Morgan fingerprint density at radius 2 is 2.40 bits per heavy atom. The minimum absolute atomic E-state index is 0.295. The first kappa shape index (κ1) is 14.8. The molecule has 0 aromatic carbocycles. The number of aryl methyl sites for hydroxylation is 1. The maximum atomic E-state index is 11.1. The lowest BCUT2D eigenvalue weighted by Gasteiger charge is -2.12. The van der Waals surface area contributed by atoms with Gasteiger partial charge in [0, 0.05) is 18.8 Å². The van der Waals surface area contributed by atoms with Crippen LogP contribution in [0.2, 0.25) is 0 Å². The zero-order chi connectivity index (χ0) is 14.4. The molecule has 1 unspecified atom stereocenters. The van der Waals surface area contributed by atoms with Gasteiger partial charge in [-0.3, -0.25) is 0 Å². The van der Waals surface area contributed by atoms with Crippen LogP contribution in [0, 0.1) is 0 Å². The number of rotatable bonds is 7. The molecule has 1 aromatic heterocycles. The highest BCUT2D eigenvalue weighted by molar-refractivity contribution is 5.88. The van der Waals surface area contributed by atoms with Crippen LogP contribution in [-0.2, 0) is 11.2 Å². The SMILES string of the molecule is CCCc1cc(C(=O)O)cc(NCCC2CCCO2)n1. The molecule has 0 radical (unpaired) electrons. The number of ether oxygens (including phenoxy) is 1. The molecule has 0 spiro atoms. The van der Waals surface area contributed by atoms with Crippen LogP contribution in [0.4, 0.5) is 5.82 Å². The van der Waals surface area contributed by atoms with Gasteiger partial charge in [0.2, 0.25) is 0 Å². The summed E-state index contributed by atoms with van der Waals surface area (Å²) in [5, 5.41) is 12.3. The van der Waals surface area contributed by atoms with Crippen molar-refractivity contribution in [2.45, 2.75) is 45.1 Å². The molecule has 1 aromatic rings. The minimum Gasteiger partial charge on any atom is -0.478 e. The molecule has 1 saturated heterocycles. The van der Waals surface area contributed by atoms with E-state index in [4.69, 9.17) is 9.84 Å².